The molecule has 0 spiro atoms. The molecule has 0 aliphatic carbocycles. The summed E-state index contributed by atoms with van der Waals surface area (Å²) >= 11 is 8.65. The molecule has 32 valence electrons. The van der Waals surface area contributed by atoms with Crippen LogP contribution in [0.4, 0.5) is 0 Å². The Balaban J connectivity index is 3.61. The first kappa shape index (κ1) is 5.87. The highest BCUT2D eigenvalue weighted by Crippen LogP contribution is 1.97. The highest BCUT2D eigenvalue weighted by atomic mass is 35.5. The van der Waals surface area contributed by atoms with Crippen molar-refractivity contribution in [1.82, 2.24) is 0 Å². The molecule has 0 fully saturated rings. The van der Waals surface area contributed by atoms with E-state index in [1.807, 2.05) is 0 Å². The molecule has 0 N–H and O–H groups in total. The van der Waals surface area contributed by atoms with Crippen LogP contribution in [0, 0.1) is 11.3 Å². The van der Waals surface area contributed by atoms with Gasteiger partial charge in [0, 0.05) is 0 Å². The Hall–Kier alpha value is -0.130. The van der Waals surface area contributed by atoms with Gasteiger partial charge in [-0.25, -0.2) is 0 Å². The largest absolute Gasteiger partial charge is 0.191 e. The van der Waals surface area contributed by atoms with Crippen molar-refractivity contribution < 1.29 is 0 Å². The van der Waals surface area contributed by atoms with Crippen LogP contribution in [0.5, 0.6) is 0 Å². The van der Waals surface area contributed by atoms with E-state index in [0.29, 0.717) is 0 Å². The lowest BCUT2D eigenvalue weighted by atomic mass is 10.7. The molecule has 3 heteroatoms. The van der Waals surface area contributed by atoms with Gasteiger partial charge in [-0.3, -0.25) is 0 Å². The maximum Gasteiger partial charge on any atom is 0.124 e. The third-order valence-corrected chi connectivity index (χ3v) is 0.824. The smallest absolute Gasteiger partial charge is 0.124 e. The van der Waals surface area contributed by atoms with Crippen LogP contribution in [-0.4, -0.2) is 0 Å². The fourth-order valence-corrected chi connectivity index (χ4v) is 0.0866. The molecule has 0 amide bonds. The van der Waals surface area contributed by atoms with Gasteiger partial charge in [0.2, 0.25) is 0 Å². The number of thiol groups is 1. The first-order valence-corrected chi connectivity index (χ1v) is 2.10. The van der Waals surface area contributed by atoms with Crippen LogP contribution < -0.4 is 0 Å². The molecule has 0 atom stereocenters. The Kier molecular flexibility index (Phi) is 3.01. The number of halogens is 1. The molecule has 6 heavy (non-hydrogen) atoms. The molecule has 0 aromatic rings. The number of nitrogens with zero attached hydrogens (tertiary/aromatic N) is 1. The first-order chi connectivity index (χ1) is 2.81. The third kappa shape index (κ3) is 2.13. The second-order valence-electron chi connectivity index (χ2n) is 0.589. The monoisotopic (exact) mass is 119 g/mol. The molecule has 0 aromatic carbocycles. The van der Waals surface area contributed by atoms with Crippen molar-refractivity contribution in [2.24, 2.45) is 0 Å². The van der Waals surface area contributed by atoms with E-state index in [1.165, 1.54) is 5.41 Å². The molecule has 0 unspecified atom stereocenters. The number of allylic oxidation sites excluding steroid dienone is 1. The van der Waals surface area contributed by atoms with Crippen LogP contribution in [0.25, 0.3) is 0 Å². The van der Waals surface area contributed by atoms with Crippen molar-refractivity contribution in [3.63, 3.8) is 0 Å². The lowest BCUT2D eigenvalue weighted by Crippen LogP contribution is -1.50. The van der Waals surface area contributed by atoms with E-state index in [9.17, 15) is 0 Å². The molecule has 1 nitrogen and oxygen atoms in total. The van der Waals surface area contributed by atoms with E-state index in [4.69, 9.17) is 16.9 Å². The quantitative estimate of drug-likeness (QED) is 0.379. The van der Waals surface area contributed by atoms with Gasteiger partial charge in [0.1, 0.15) is 11.1 Å². The maximum atomic E-state index is 7.84. The van der Waals surface area contributed by atoms with Crippen molar-refractivity contribution in [1.29, 1.82) is 5.26 Å². The van der Waals surface area contributed by atoms with Gasteiger partial charge in [0.05, 0.1) is 0 Å². The van der Waals surface area contributed by atoms with E-state index in [2.05, 4.69) is 12.6 Å². The molecule has 0 aliphatic rings. The van der Waals surface area contributed by atoms with Gasteiger partial charge in [-0.1, -0.05) is 11.6 Å². The van der Waals surface area contributed by atoms with Gasteiger partial charge in [-0.2, -0.15) is 5.26 Å². The average Bonchev–Trinajstić information content (AvgIpc) is 1.65. The molecule has 0 heterocycles. The van der Waals surface area contributed by atoms with Crippen molar-refractivity contribution in [2.45, 2.75) is 0 Å². The van der Waals surface area contributed by atoms with Gasteiger partial charge in [-0.15, -0.1) is 12.6 Å². The zero-order chi connectivity index (χ0) is 4.99. The average molecular weight is 120 g/mol. The summed E-state index contributed by atoms with van der Waals surface area (Å²) < 4.78 is 0. The minimum Gasteiger partial charge on any atom is -0.191 e. The van der Waals surface area contributed by atoms with Crippen LogP contribution >= 0.6 is 24.2 Å². The molecule has 0 aliphatic heterocycles. The van der Waals surface area contributed by atoms with Crippen LogP contribution in [0.2, 0.25) is 0 Å². The Morgan fingerprint density at radius 3 is 2.50 bits per heavy atom. The molecule has 0 radical (unpaired) electrons. The summed E-state index contributed by atoms with van der Waals surface area (Å²) in [5, 5.41) is 9.18. The number of hydrogen-bond donors (Lipinski definition) is 1. The second kappa shape index (κ2) is 3.08. The summed E-state index contributed by atoms with van der Waals surface area (Å²) in [6.45, 7) is 0. The predicted molar refractivity (Wildman–Crippen MR) is 28.5 cm³/mol. The van der Waals surface area contributed by atoms with E-state index in [0.717, 1.165) is 0 Å². The minimum atomic E-state index is 0.110. The summed E-state index contributed by atoms with van der Waals surface area (Å²) in [5.74, 6) is 0. The van der Waals surface area contributed by atoms with Crippen molar-refractivity contribution >= 4 is 24.2 Å². The lowest BCUT2D eigenvalue weighted by Gasteiger charge is -1.66. The fourth-order valence-electron chi connectivity index (χ4n) is 0.0289. The summed E-state index contributed by atoms with van der Waals surface area (Å²) in [4.78, 5) is 0. The summed E-state index contributed by atoms with van der Waals surface area (Å²) in [7, 11) is 0. The maximum absolute atomic E-state index is 7.84. The third-order valence-electron chi connectivity index (χ3n) is 0.220. The van der Waals surface area contributed by atoms with E-state index < -0.39 is 0 Å². The Labute approximate surface area is 46.6 Å². The van der Waals surface area contributed by atoms with Crippen LogP contribution in [0.15, 0.2) is 10.4 Å². The number of nitriles is 1. The molecule has 0 aromatic heterocycles. The first-order valence-electron chi connectivity index (χ1n) is 1.21. The number of hydrogen-bond acceptors (Lipinski definition) is 2. The van der Waals surface area contributed by atoms with Crippen LogP contribution in [0.3, 0.4) is 0 Å². The van der Waals surface area contributed by atoms with Gasteiger partial charge in [-0.05, 0) is 5.41 Å². The topological polar surface area (TPSA) is 23.8 Å². The van der Waals surface area contributed by atoms with Crippen molar-refractivity contribution in [3.8, 4) is 6.07 Å². The Bertz CT molecular complexity index is 102. The highest BCUT2D eigenvalue weighted by molar-refractivity contribution is 7.83. The molecule has 0 saturated heterocycles. The van der Waals surface area contributed by atoms with Gasteiger partial charge < -0.3 is 0 Å². The second-order valence-corrected chi connectivity index (χ2v) is 1.25. The van der Waals surface area contributed by atoms with Crippen LogP contribution in [0.1, 0.15) is 0 Å². The summed E-state index contributed by atoms with van der Waals surface area (Å²) in [6, 6.07) is 1.66. The number of rotatable bonds is 0. The Morgan fingerprint density at radius 1 is 2.00 bits per heavy atom. The molecular formula is C3H2ClNS. The van der Waals surface area contributed by atoms with Crippen LogP contribution in [-0.2, 0) is 0 Å². The van der Waals surface area contributed by atoms with Gasteiger partial charge in [0.25, 0.3) is 0 Å². The zero-order valence-electron chi connectivity index (χ0n) is 2.85. The van der Waals surface area contributed by atoms with E-state index in [-0.39, 0.29) is 5.03 Å². The molecule has 0 saturated carbocycles. The predicted octanol–water partition coefficient (Wildman–Crippen LogP) is 1.52. The van der Waals surface area contributed by atoms with Gasteiger partial charge in [0.15, 0.2) is 0 Å². The molecule has 0 bridgehead atoms. The van der Waals surface area contributed by atoms with E-state index in [1.54, 1.807) is 6.07 Å². The summed E-state index contributed by atoms with van der Waals surface area (Å²) in [6.07, 6.45) is 0. The summed E-state index contributed by atoms with van der Waals surface area (Å²) in [5.41, 5.74) is 0. The van der Waals surface area contributed by atoms with Crippen molar-refractivity contribution in [2.75, 3.05) is 0 Å². The lowest BCUT2D eigenvalue weighted by molar-refractivity contribution is 1.53. The Morgan fingerprint density at radius 2 is 2.50 bits per heavy atom. The molecular weight excluding hydrogens is 118 g/mol. The standard InChI is InChI=1S/C3H2ClNS/c4-3(1-5)2-6/h2,6H/b3-2+. The highest BCUT2D eigenvalue weighted by Gasteiger charge is 1.76. The molecule has 0 rings (SSSR count). The normalized spacial score (nSPS) is 10.5. The van der Waals surface area contributed by atoms with E-state index >= 15 is 0 Å². The zero-order valence-corrected chi connectivity index (χ0v) is 4.50. The SMILES string of the molecule is N#C/C(Cl)=C\S. The fraction of sp³-hybridized carbons (Fsp3) is 0. The minimum absolute atomic E-state index is 0.110. The van der Waals surface area contributed by atoms with Gasteiger partial charge >= 0.3 is 0 Å². The van der Waals surface area contributed by atoms with Crippen molar-refractivity contribution in [3.05, 3.63) is 10.4 Å².